The van der Waals surface area contributed by atoms with Crippen LogP contribution in [-0.2, 0) is 23.8 Å². The van der Waals surface area contributed by atoms with Gasteiger partial charge in [-0.15, -0.1) is 0 Å². The number of carbonyl (C=O) groups is 2. The highest BCUT2D eigenvalue weighted by Gasteiger charge is 2.10. The van der Waals surface area contributed by atoms with Crippen molar-refractivity contribution >= 4 is 11.9 Å². The SMILES string of the molecule is CCCCCCOC(=O)COCC(=O)OCC(CC)CC. The summed E-state index contributed by atoms with van der Waals surface area (Å²) in [6, 6.07) is 0. The normalized spacial score (nSPS) is 10.7. The Kier molecular flexibility index (Phi) is 13.1. The van der Waals surface area contributed by atoms with Gasteiger partial charge in [-0.1, -0.05) is 52.9 Å². The minimum absolute atomic E-state index is 0.201. The van der Waals surface area contributed by atoms with Crippen molar-refractivity contribution in [2.45, 2.75) is 59.3 Å². The van der Waals surface area contributed by atoms with Gasteiger partial charge in [0.1, 0.15) is 13.2 Å². The molecule has 0 atom stereocenters. The van der Waals surface area contributed by atoms with Crippen LogP contribution in [0.15, 0.2) is 0 Å². The van der Waals surface area contributed by atoms with Crippen molar-refractivity contribution in [3.05, 3.63) is 0 Å². The second-order valence-electron chi connectivity index (χ2n) is 5.14. The first kappa shape index (κ1) is 19.9. The van der Waals surface area contributed by atoms with Crippen molar-refractivity contribution in [1.29, 1.82) is 0 Å². The molecule has 0 heterocycles. The minimum atomic E-state index is -0.433. The first-order chi connectivity index (χ1) is 10.1. The van der Waals surface area contributed by atoms with Gasteiger partial charge in [0.25, 0.3) is 0 Å². The van der Waals surface area contributed by atoms with E-state index in [1.807, 2.05) is 0 Å². The van der Waals surface area contributed by atoms with Crippen molar-refractivity contribution in [3.8, 4) is 0 Å². The summed E-state index contributed by atoms with van der Waals surface area (Å²) in [5.74, 6) is -0.473. The predicted molar refractivity (Wildman–Crippen MR) is 81.0 cm³/mol. The molecule has 0 spiro atoms. The smallest absolute Gasteiger partial charge is 0.332 e. The Morgan fingerprint density at radius 1 is 0.857 bits per heavy atom. The third kappa shape index (κ3) is 12.4. The summed E-state index contributed by atoms with van der Waals surface area (Å²) < 4.78 is 15.1. The molecule has 5 heteroatoms. The van der Waals surface area contributed by atoms with E-state index in [1.54, 1.807) is 0 Å². The molecule has 0 rings (SSSR count). The van der Waals surface area contributed by atoms with E-state index in [-0.39, 0.29) is 13.2 Å². The molecule has 21 heavy (non-hydrogen) atoms. The maximum Gasteiger partial charge on any atom is 0.332 e. The van der Waals surface area contributed by atoms with E-state index in [9.17, 15) is 9.59 Å². The largest absolute Gasteiger partial charge is 0.464 e. The average Bonchev–Trinajstić information content (AvgIpc) is 2.48. The lowest BCUT2D eigenvalue weighted by atomic mass is 10.1. The predicted octanol–water partition coefficient (Wildman–Crippen LogP) is 3.11. The van der Waals surface area contributed by atoms with E-state index in [4.69, 9.17) is 14.2 Å². The monoisotopic (exact) mass is 302 g/mol. The summed E-state index contributed by atoms with van der Waals surface area (Å²) in [5, 5.41) is 0. The molecule has 0 amide bonds. The van der Waals surface area contributed by atoms with Crippen LogP contribution in [0.1, 0.15) is 59.3 Å². The molecule has 0 aromatic rings. The lowest BCUT2D eigenvalue weighted by molar-refractivity contribution is -0.156. The summed E-state index contributed by atoms with van der Waals surface area (Å²) in [6.45, 7) is 6.68. The van der Waals surface area contributed by atoms with Gasteiger partial charge in [0.05, 0.1) is 13.2 Å². The lowest BCUT2D eigenvalue weighted by Gasteiger charge is -2.12. The topological polar surface area (TPSA) is 61.8 Å². The molecule has 0 radical (unpaired) electrons. The Bertz CT molecular complexity index is 274. The highest BCUT2D eigenvalue weighted by Crippen LogP contribution is 2.07. The zero-order valence-corrected chi connectivity index (χ0v) is 13.7. The third-order valence-electron chi connectivity index (χ3n) is 3.34. The van der Waals surface area contributed by atoms with Gasteiger partial charge in [-0.05, 0) is 12.3 Å². The van der Waals surface area contributed by atoms with Crippen LogP contribution >= 0.6 is 0 Å². The minimum Gasteiger partial charge on any atom is -0.464 e. The first-order valence-corrected chi connectivity index (χ1v) is 8.02. The van der Waals surface area contributed by atoms with Gasteiger partial charge in [0, 0.05) is 0 Å². The Morgan fingerprint density at radius 2 is 1.48 bits per heavy atom. The Labute approximate surface area is 128 Å². The molecule has 0 aliphatic heterocycles. The molecule has 0 bridgehead atoms. The zero-order chi connectivity index (χ0) is 15.9. The molecule has 0 unspecified atom stereocenters. The van der Waals surface area contributed by atoms with Gasteiger partial charge in [-0.2, -0.15) is 0 Å². The third-order valence-corrected chi connectivity index (χ3v) is 3.34. The van der Waals surface area contributed by atoms with E-state index in [0.29, 0.717) is 19.1 Å². The van der Waals surface area contributed by atoms with Crippen LogP contribution in [0.3, 0.4) is 0 Å². The Morgan fingerprint density at radius 3 is 2.05 bits per heavy atom. The van der Waals surface area contributed by atoms with Gasteiger partial charge in [-0.3, -0.25) is 0 Å². The Balaban J connectivity index is 3.51. The fourth-order valence-corrected chi connectivity index (χ4v) is 1.75. The van der Waals surface area contributed by atoms with Crippen LogP contribution in [-0.4, -0.2) is 38.4 Å². The maximum absolute atomic E-state index is 11.4. The number of rotatable bonds is 13. The quantitative estimate of drug-likeness (QED) is 0.386. The number of hydrogen-bond acceptors (Lipinski definition) is 5. The standard InChI is InChI=1S/C16H30O5/c1-4-7-8-9-10-20-15(17)12-19-13-16(18)21-11-14(5-2)6-3/h14H,4-13H2,1-3H3. The fourth-order valence-electron chi connectivity index (χ4n) is 1.75. The van der Waals surface area contributed by atoms with Crippen molar-refractivity contribution in [2.24, 2.45) is 5.92 Å². The van der Waals surface area contributed by atoms with Crippen molar-refractivity contribution in [1.82, 2.24) is 0 Å². The molecule has 0 aromatic heterocycles. The second-order valence-corrected chi connectivity index (χ2v) is 5.14. The van der Waals surface area contributed by atoms with Gasteiger partial charge >= 0.3 is 11.9 Å². The second kappa shape index (κ2) is 13.9. The number of unbranched alkanes of at least 4 members (excludes halogenated alkanes) is 3. The lowest BCUT2D eigenvalue weighted by Crippen LogP contribution is -2.20. The molecule has 0 fully saturated rings. The van der Waals surface area contributed by atoms with E-state index >= 15 is 0 Å². The molecule has 0 aliphatic carbocycles. The fraction of sp³-hybridized carbons (Fsp3) is 0.875. The van der Waals surface area contributed by atoms with Crippen LogP contribution in [0.4, 0.5) is 0 Å². The van der Waals surface area contributed by atoms with E-state index in [2.05, 4.69) is 20.8 Å². The van der Waals surface area contributed by atoms with Crippen LogP contribution in [0.2, 0.25) is 0 Å². The molecular formula is C16H30O5. The van der Waals surface area contributed by atoms with Crippen LogP contribution < -0.4 is 0 Å². The number of esters is 2. The van der Waals surface area contributed by atoms with E-state index in [0.717, 1.165) is 38.5 Å². The molecule has 0 saturated carbocycles. The number of carbonyl (C=O) groups excluding carboxylic acids is 2. The molecule has 0 aliphatic rings. The molecule has 5 nitrogen and oxygen atoms in total. The summed E-state index contributed by atoms with van der Waals surface area (Å²) in [4.78, 5) is 22.7. The molecule has 0 saturated heterocycles. The Hall–Kier alpha value is -1.10. The molecular weight excluding hydrogens is 272 g/mol. The zero-order valence-electron chi connectivity index (χ0n) is 13.7. The van der Waals surface area contributed by atoms with Crippen LogP contribution in [0.5, 0.6) is 0 Å². The van der Waals surface area contributed by atoms with Crippen LogP contribution in [0.25, 0.3) is 0 Å². The van der Waals surface area contributed by atoms with E-state index in [1.165, 1.54) is 0 Å². The van der Waals surface area contributed by atoms with Crippen molar-refractivity contribution in [3.63, 3.8) is 0 Å². The van der Waals surface area contributed by atoms with Crippen LogP contribution in [0, 0.1) is 5.92 Å². The van der Waals surface area contributed by atoms with Gasteiger partial charge < -0.3 is 14.2 Å². The summed E-state index contributed by atoms with van der Waals surface area (Å²) in [6.07, 6.45) is 6.19. The molecule has 0 N–H and O–H groups in total. The molecule has 124 valence electrons. The van der Waals surface area contributed by atoms with E-state index < -0.39 is 11.9 Å². The molecule has 0 aromatic carbocycles. The first-order valence-electron chi connectivity index (χ1n) is 8.02. The van der Waals surface area contributed by atoms with Crippen molar-refractivity contribution < 1.29 is 23.8 Å². The highest BCUT2D eigenvalue weighted by molar-refractivity contribution is 5.73. The van der Waals surface area contributed by atoms with Gasteiger partial charge in [0.15, 0.2) is 0 Å². The summed E-state index contributed by atoms with van der Waals surface area (Å²) in [7, 11) is 0. The summed E-state index contributed by atoms with van der Waals surface area (Å²) in [5.41, 5.74) is 0. The maximum atomic E-state index is 11.4. The van der Waals surface area contributed by atoms with Gasteiger partial charge in [-0.25, -0.2) is 9.59 Å². The average molecular weight is 302 g/mol. The number of hydrogen-bond donors (Lipinski definition) is 0. The highest BCUT2D eigenvalue weighted by atomic mass is 16.6. The van der Waals surface area contributed by atoms with Crippen molar-refractivity contribution in [2.75, 3.05) is 26.4 Å². The number of ether oxygens (including phenoxy) is 3. The van der Waals surface area contributed by atoms with Gasteiger partial charge in [0.2, 0.25) is 0 Å². The summed E-state index contributed by atoms with van der Waals surface area (Å²) >= 11 is 0.